The van der Waals surface area contributed by atoms with Crippen LogP contribution in [0.15, 0.2) is 0 Å². The molecule has 2 rings (SSSR count). The fourth-order valence-corrected chi connectivity index (χ4v) is 3.51. The lowest BCUT2D eigenvalue weighted by Gasteiger charge is -2.30. The highest BCUT2D eigenvalue weighted by molar-refractivity contribution is 5.90. The number of β-amino-alcohol motifs (C(OH)–C–C–N with tert-alkyl or cyclic N) is 1. The molecule has 1 aliphatic heterocycles. The molecule has 0 unspecified atom stereocenters. The quantitative estimate of drug-likeness (QED) is 0.683. The number of carbonyl (C=O) groups is 3. The summed E-state index contributed by atoms with van der Waals surface area (Å²) >= 11 is 0. The van der Waals surface area contributed by atoms with E-state index in [2.05, 4.69) is 5.32 Å². The SMILES string of the molecule is CC(=O)N1C[C@H](O)C[C@H]1C(=O)N[C@H](C(=O)O)C1CCCCC1. The molecule has 7 heteroatoms. The first-order valence-electron chi connectivity index (χ1n) is 7.88. The van der Waals surface area contributed by atoms with Crippen molar-refractivity contribution in [1.82, 2.24) is 10.2 Å². The van der Waals surface area contributed by atoms with Crippen LogP contribution in [0.5, 0.6) is 0 Å². The van der Waals surface area contributed by atoms with Crippen molar-refractivity contribution in [3.8, 4) is 0 Å². The van der Waals surface area contributed by atoms with Crippen LogP contribution in [0.25, 0.3) is 0 Å². The van der Waals surface area contributed by atoms with E-state index in [0.717, 1.165) is 32.1 Å². The smallest absolute Gasteiger partial charge is 0.326 e. The molecule has 3 N–H and O–H groups in total. The topological polar surface area (TPSA) is 107 Å². The summed E-state index contributed by atoms with van der Waals surface area (Å²) in [5.74, 6) is -1.87. The Morgan fingerprint density at radius 2 is 1.82 bits per heavy atom. The first-order valence-corrected chi connectivity index (χ1v) is 7.88. The van der Waals surface area contributed by atoms with Crippen LogP contribution >= 0.6 is 0 Å². The molecule has 2 fully saturated rings. The summed E-state index contributed by atoms with van der Waals surface area (Å²) in [6.45, 7) is 1.46. The first kappa shape index (κ1) is 16.7. The molecule has 1 aliphatic carbocycles. The molecule has 1 heterocycles. The molecule has 0 aromatic carbocycles. The molecule has 0 spiro atoms. The average molecular weight is 312 g/mol. The van der Waals surface area contributed by atoms with Gasteiger partial charge in [0.05, 0.1) is 6.10 Å². The Kier molecular flexibility index (Phi) is 5.39. The summed E-state index contributed by atoms with van der Waals surface area (Å²) in [4.78, 5) is 36.7. The largest absolute Gasteiger partial charge is 0.480 e. The number of aliphatic hydroxyl groups excluding tert-OH is 1. The van der Waals surface area contributed by atoms with Gasteiger partial charge in [-0.2, -0.15) is 0 Å². The van der Waals surface area contributed by atoms with Crippen LogP contribution in [0.3, 0.4) is 0 Å². The Balaban J connectivity index is 2.04. The molecule has 2 amide bonds. The Morgan fingerprint density at radius 1 is 1.18 bits per heavy atom. The van der Waals surface area contributed by atoms with E-state index in [1.165, 1.54) is 11.8 Å². The van der Waals surface area contributed by atoms with E-state index >= 15 is 0 Å². The molecular formula is C15H24N2O5. The predicted octanol–water partition coefficient (Wildman–Crippen LogP) is 0.118. The third-order valence-electron chi connectivity index (χ3n) is 4.67. The zero-order valence-corrected chi connectivity index (χ0v) is 12.8. The van der Waals surface area contributed by atoms with Crippen LogP contribution in [0, 0.1) is 5.92 Å². The molecule has 124 valence electrons. The summed E-state index contributed by atoms with van der Waals surface area (Å²) in [6.07, 6.45) is 4.06. The molecule has 0 aromatic rings. The molecule has 2 aliphatic rings. The van der Waals surface area contributed by atoms with Crippen LogP contribution in [0.2, 0.25) is 0 Å². The van der Waals surface area contributed by atoms with Crippen LogP contribution < -0.4 is 5.32 Å². The fourth-order valence-electron chi connectivity index (χ4n) is 3.51. The molecule has 0 bridgehead atoms. The normalized spacial score (nSPS) is 27.5. The van der Waals surface area contributed by atoms with Crippen molar-refractivity contribution in [2.45, 2.75) is 63.6 Å². The highest BCUT2D eigenvalue weighted by atomic mass is 16.4. The van der Waals surface area contributed by atoms with E-state index in [0.29, 0.717) is 0 Å². The molecule has 3 atom stereocenters. The maximum Gasteiger partial charge on any atom is 0.326 e. The van der Waals surface area contributed by atoms with E-state index in [4.69, 9.17) is 0 Å². The number of nitrogens with one attached hydrogen (secondary N) is 1. The highest BCUT2D eigenvalue weighted by Gasteiger charge is 2.40. The van der Waals surface area contributed by atoms with Crippen molar-refractivity contribution in [2.75, 3.05) is 6.54 Å². The summed E-state index contributed by atoms with van der Waals surface area (Å²) in [5.41, 5.74) is 0. The lowest BCUT2D eigenvalue weighted by molar-refractivity contribution is -0.145. The third kappa shape index (κ3) is 3.76. The van der Waals surface area contributed by atoms with Gasteiger partial charge in [0.1, 0.15) is 12.1 Å². The number of carboxylic acid groups (broad SMARTS) is 1. The summed E-state index contributed by atoms with van der Waals surface area (Å²) in [6, 6.07) is -1.70. The Morgan fingerprint density at radius 3 is 2.36 bits per heavy atom. The van der Waals surface area contributed by atoms with Crippen LogP contribution in [-0.4, -0.2) is 57.6 Å². The van der Waals surface area contributed by atoms with Crippen LogP contribution in [0.4, 0.5) is 0 Å². The number of aliphatic hydroxyl groups is 1. The van der Waals surface area contributed by atoms with Crippen molar-refractivity contribution in [3.05, 3.63) is 0 Å². The molecule has 0 radical (unpaired) electrons. The van der Waals surface area contributed by atoms with Crippen molar-refractivity contribution < 1.29 is 24.6 Å². The standard InChI is InChI=1S/C15H24N2O5/c1-9(18)17-8-11(19)7-12(17)14(20)16-13(15(21)22)10-5-3-2-4-6-10/h10-13,19H,2-8H2,1H3,(H,16,20)(H,21,22)/t11-,12+,13+/m1/s1. The minimum Gasteiger partial charge on any atom is -0.480 e. The van der Waals surface area contributed by atoms with Gasteiger partial charge < -0.3 is 20.4 Å². The number of hydrogen-bond acceptors (Lipinski definition) is 4. The summed E-state index contributed by atoms with van der Waals surface area (Å²) in [5, 5.41) is 21.7. The lowest BCUT2D eigenvalue weighted by atomic mass is 9.83. The number of carboxylic acids is 1. The van der Waals surface area contributed by atoms with Gasteiger partial charge in [-0.1, -0.05) is 19.3 Å². The Bertz CT molecular complexity index is 447. The molecule has 1 saturated heterocycles. The fraction of sp³-hybridized carbons (Fsp3) is 0.800. The highest BCUT2D eigenvalue weighted by Crippen LogP contribution is 2.27. The predicted molar refractivity (Wildman–Crippen MR) is 77.9 cm³/mol. The van der Waals surface area contributed by atoms with Gasteiger partial charge in [0.15, 0.2) is 0 Å². The van der Waals surface area contributed by atoms with E-state index in [-0.39, 0.29) is 24.8 Å². The zero-order valence-electron chi connectivity index (χ0n) is 12.8. The van der Waals surface area contributed by atoms with Crippen molar-refractivity contribution >= 4 is 17.8 Å². The van der Waals surface area contributed by atoms with Gasteiger partial charge in [0.2, 0.25) is 11.8 Å². The zero-order chi connectivity index (χ0) is 16.3. The molecular weight excluding hydrogens is 288 g/mol. The number of rotatable bonds is 4. The van der Waals surface area contributed by atoms with Gasteiger partial charge in [-0.25, -0.2) is 4.79 Å². The monoisotopic (exact) mass is 312 g/mol. The molecule has 1 saturated carbocycles. The van der Waals surface area contributed by atoms with E-state index in [9.17, 15) is 24.6 Å². The van der Waals surface area contributed by atoms with E-state index < -0.39 is 30.1 Å². The number of aliphatic carboxylic acids is 1. The van der Waals surface area contributed by atoms with Crippen molar-refractivity contribution in [1.29, 1.82) is 0 Å². The number of nitrogens with zero attached hydrogens (tertiary/aromatic N) is 1. The van der Waals surface area contributed by atoms with Crippen LogP contribution in [0.1, 0.15) is 45.4 Å². The lowest BCUT2D eigenvalue weighted by Crippen LogP contribution is -2.53. The van der Waals surface area contributed by atoms with Gasteiger partial charge in [-0.05, 0) is 18.8 Å². The van der Waals surface area contributed by atoms with Gasteiger partial charge in [0.25, 0.3) is 0 Å². The second-order valence-corrected chi connectivity index (χ2v) is 6.30. The Labute approximate surface area is 129 Å². The number of hydrogen-bond donors (Lipinski definition) is 3. The molecule has 7 nitrogen and oxygen atoms in total. The van der Waals surface area contributed by atoms with Crippen molar-refractivity contribution in [3.63, 3.8) is 0 Å². The van der Waals surface area contributed by atoms with E-state index in [1.54, 1.807) is 0 Å². The second kappa shape index (κ2) is 7.09. The minimum absolute atomic E-state index is 0.0627. The number of likely N-dealkylation sites (tertiary alicyclic amines) is 1. The van der Waals surface area contributed by atoms with Crippen molar-refractivity contribution in [2.24, 2.45) is 5.92 Å². The van der Waals surface area contributed by atoms with Gasteiger partial charge in [-0.3, -0.25) is 9.59 Å². The number of carbonyl (C=O) groups excluding carboxylic acids is 2. The molecule has 22 heavy (non-hydrogen) atoms. The number of amides is 2. The van der Waals surface area contributed by atoms with Crippen LogP contribution in [-0.2, 0) is 14.4 Å². The van der Waals surface area contributed by atoms with Gasteiger partial charge in [-0.15, -0.1) is 0 Å². The first-order chi connectivity index (χ1) is 10.4. The third-order valence-corrected chi connectivity index (χ3v) is 4.67. The average Bonchev–Trinajstić information content (AvgIpc) is 2.87. The van der Waals surface area contributed by atoms with Gasteiger partial charge >= 0.3 is 5.97 Å². The Hall–Kier alpha value is -1.63. The second-order valence-electron chi connectivity index (χ2n) is 6.30. The summed E-state index contributed by atoms with van der Waals surface area (Å²) in [7, 11) is 0. The maximum atomic E-state index is 12.4. The maximum absolute atomic E-state index is 12.4. The summed E-state index contributed by atoms with van der Waals surface area (Å²) < 4.78 is 0. The van der Waals surface area contributed by atoms with Gasteiger partial charge in [0, 0.05) is 19.9 Å². The van der Waals surface area contributed by atoms with E-state index in [1.807, 2.05) is 0 Å². The molecule has 0 aromatic heterocycles. The minimum atomic E-state index is -1.03.